The van der Waals surface area contributed by atoms with Gasteiger partial charge in [0.25, 0.3) is 0 Å². The lowest BCUT2D eigenvalue weighted by atomic mass is 10.1. The molecule has 0 radical (unpaired) electrons. The number of para-hydroxylation sites is 1. The standard InChI is InChI=1S/C19H22Cl2N2O2/c1-2-10-23(13-14-5-3-4-6-18(14)24)11-9-19(25)22-17-12-15(20)7-8-16(17)21/h3-8,12,24H,2,9-11,13H2,1H3,(H,22,25). The van der Waals surface area contributed by atoms with Crippen molar-refractivity contribution in [1.82, 2.24) is 4.90 Å². The van der Waals surface area contributed by atoms with E-state index in [2.05, 4.69) is 17.1 Å². The minimum absolute atomic E-state index is 0.123. The van der Waals surface area contributed by atoms with Crippen LogP contribution in [0.2, 0.25) is 10.0 Å². The van der Waals surface area contributed by atoms with Crippen LogP contribution in [0.25, 0.3) is 0 Å². The Morgan fingerprint density at radius 2 is 1.92 bits per heavy atom. The number of benzene rings is 2. The number of amides is 1. The second-order valence-corrected chi connectivity index (χ2v) is 6.67. The number of anilines is 1. The molecule has 25 heavy (non-hydrogen) atoms. The number of carbonyl (C=O) groups is 1. The highest BCUT2D eigenvalue weighted by atomic mass is 35.5. The molecule has 0 unspecified atom stereocenters. The van der Waals surface area contributed by atoms with Gasteiger partial charge < -0.3 is 10.4 Å². The van der Waals surface area contributed by atoms with Crippen molar-refractivity contribution >= 4 is 34.8 Å². The molecule has 1 amide bonds. The fourth-order valence-corrected chi connectivity index (χ4v) is 2.87. The summed E-state index contributed by atoms with van der Waals surface area (Å²) in [6, 6.07) is 12.2. The van der Waals surface area contributed by atoms with E-state index in [4.69, 9.17) is 23.2 Å². The van der Waals surface area contributed by atoms with Gasteiger partial charge in [0.05, 0.1) is 10.7 Å². The Balaban J connectivity index is 1.92. The number of carbonyl (C=O) groups excluding carboxylic acids is 1. The van der Waals surface area contributed by atoms with E-state index in [9.17, 15) is 9.90 Å². The maximum atomic E-state index is 12.2. The zero-order valence-electron chi connectivity index (χ0n) is 14.1. The first-order chi connectivity index (χ1) is 12.0. The Kier molecular flexibility index (Phi) is 7.56. The molecule has 0 heterocycles. The first kappa shape index (κ1) is 19.6. The Labute approximate surface area is 158 Å². The molecule has 2 aromatic carbocycles. The van der Waals surface area contributed by atoms with E-state index in [0.29, 0.717) is 35.2 Å². The summed E-state index contributed by atoms with van der Waals surface area (Å²) in [5.74, 6) is 0.154. The summed E-state index contributed by atoms with van der Waals surface area (Å²) in [6.45, 7) is 4.13. The third-order valence-electron chi connectivity index (χ3n) is 3.78. The van der Waals surface area contributed by atoms with Crippen molar-refractivity contribution in [3.63, 3.8) is 0 Å². The number of rotatable bonds is 8. The zero-order chi connectivity index (χ0) is 18.2. The van der Waals surface area contributed by atoms with Gasteiger partial charge >= 0.3 is 0 Å². The molecule has 0 saturated carbocycles. The predicted molar refractivity (Wildman–Crippen MR) is 103 cm³/mol. The highest BCUT2D eigenvalue weighted by Crippen LogP contribution is 2.25. The molecule has 0 aliphatic rings. The molecule has 0 fully saturated rings. The van der Waals surface area contributed by atoms with E-state index in [1.807, 2.05) is 12.1 Å². The van der Waals surface area contributed by atoms with Gasteiger partial charge in [-0.05, 0) is 37.2 Å². The lowest BCUT2D eigenvalue weighted by Crippen LogP contribution is -2.28. The summed E-state index contributed by atoms with van der Waals surface area (Å²) < 4.78 is 0. The summed E-state index contributed by atoms with van der Waals surface area (Å²) in [5.41, 5.74) is 1.37. The van der Waals surface area contributed by atoms with Gasteiger partial charge in [0, 0.05) is 30.1 Å². The van der Waals surface area contributed by atoms with E-state index >= 15 is 0 Å². The number of hydrogen-bond acceptors (Lipinski definition) is 3. The molecule has 6 heteroatoms. The van der Waals surface area contributed by atoms with Crippen molar-refractivity contribution < 1.29 is 9.90 Å². The molecule has 0 atom stereocenters. The van der Waals surface area contributed by atoms with Crippen molar-refractivity contribution in [2.24, 2.45) is 0 Å². The van der Waals surface area contributed by atoms with Crippen LogP contribution in [0, 0.1) is 0 Å². The third kappa shape index (κ3) is 6.24. The summed E-state index contributed by atoms with van der Waals surface area (Å²) in [7, 11) is 0. The van der Waals surface area contributed by atoms with Crippen molar-refractivity contribution in [3.05, 3.63) is 58.1 Å². The zero-order valence-corrected chi connectivity index (χ0v) is 15.6. The Morgan fingerprint density at radius 1 is 1.16 bits per heavy atom. The van der Waals surface area contributed by atoms with Crippen molar-refractivity contribution in [3.8, 4) is 5.75 Å². The third-order valence-corrected chi connectivity index (χ3v) is 4.35. The van der Waals surface area contributed by atoms with Crippen LogP contribution in [-0.2, 0) is 11.3 Å². The van der Waals surface area contributed by atoms with Gasteiger partial charge in [-0.1, -0.05) is 48.3 Å². The number of nitrogens with zero attached hydrogens (tertiary/aromatic N) is 1. The number of nitrogens with one attached hydrogen (secondary N) is 1. The minimum atomic E-state index is -0.123. The monoisotopic (exact) mass is 380 g/mol. The second kappa shape index (κ2) is 9.66. The fourth-order valence-electron chi connectivity index (χ4n) is 2.54. The topological polar surface area (TPSA) is 52.6 Å². The van der Waals surface area contributed by atoms with Crippen LogP contribution in [0.1, 0.15) is 25.3 Å². The van der Waals surface area contributed by atoms with Gasteiger partial charge in [0.1, 0.15) is 5.75 Å². The molecule has 0 aliphatic carbocycles. The van der Waals surface area contributed by atoms with Crippen LogP contribution < -0.4 is 5.32 Å². The smallest absolute Gasteiger partial charge is 0.225 e. The van der Waals surface area contributed by atoms with Gasteiger partial charge in [0.15, 0.2) is 0 Å². The number of phenolic OH excluding ortho intramolecular Hbond substituents is 1. The number of aromatic hydroxyl groups is 1. The maximum Gasteiger partial charge on any atom is 0.225 e. The van der Waals surface area contributed by atoms with Crippen LogP contribution in [0.5, 0.6) is 5.75 Å². The lowest BCUT2D eigenvalue weighted by Gasteiger charge is -2.22. The van der Waals surface area contributed by atoms with Crippen LogP contribution in [0.4, 0.5) is 5.69 Å². The Bertz CT molecular complexity index is 722. The molecule has 0 aromatic heterocycles. The normalized spacial score (nSPS) is 10.9. The van der Waals surface area contributed by atoms with E-state index in [0.717, 1.165) is 18.5 Å². The molecule has 0 saturated heterocycles. The molecule has 4 nitrogen and oxygen atoms in total. The highest BCUT2D eigenvalue weighted by molar-refractivity contribution is 6.35. The van der Waals surface area contributed by atoms with E-state index < -0.39 is 0 Å². The molecule has 0 bridgehead atoms. The quantitative estimate of drug-likeness (QED) is 0.681. The van der Waals surface area contributed by atoms with Gasteiger partial charge in [0.2, 0.25) is 5.91 Å². The largest absolute Gasteiger partial charge is 0.508 e. The first-order valence-electron chi connectivity index (χ1n) is 8.23. The molecule has 2 N–H and O–H groups in total. The van der Waals surface area contributed by atoms with Gasteiger partial charge in [-0.15, -0.1) is 0 Å². The van der Waals surface area contributed by atoms with Crippen LogP contribution >= 0.6 is 23.2 Å². The highest BCUT2D eigenvalue weighted by Gasteiger charge is 2.12. The molecule has 0 spiro atoms. The molecule has 2 aromatic rings. The number of phenols is 1. The van der Waals surface area contributed by atoms with Crippen LogP contribution in [0.3, 0.4) is 0 Å². The summed E-state index contributed by atoms with van der Waals surface area (Å²) in [6.07, 6.45) is 1.30. The molecule has 134 valence electrons. The average Bonchev–Trinajstić information content (AvgIpc) is 2.58. The number of halogens is 2. The summed E-state index contributed by atoms with van der Waals surface area (Å²) >= 11 is 12.0. The maximum absolute atomic E-state index is 12.2. The van der Waals surface area contributed by atoms with Crippen molar-refractivity contribution in [1.29, 1.82) is 0 Å². The Morgan fingerprint density at radius 3 is 2.64 bits per heavy atom. The Hall–Kier alpha value is -1.75. The molecular formula is C19H22Cl2N2O2. The van der Waals surface area contributed by atoms with E-state index in [-0.39, 0.29) is 11.7 Å². The number of hydrogen-bond donors (Lipinski definition) is 2. The predicted octanol–water partition coefficient (Wildman–Crippen LogP) is 4.94. The SMILES string of the molecule is CCCN(CCC(=O)Nc1cc(Cl)ccc1Cl)Cc1ccccc1O. The summed E-state index contributed by atoms with van der Waals surface area (Å²) in [4.78, 5) is 14.4. The van der Waals surface area contributed by atoms with Crippen LogP contribution in [-0.4, -0.2) is 29.0 Å². The molecular weight excluding hydrogens is 359 g/mol. The van der Waals surface area contributed by atoms with Crippen LogP contribution in [0.15, 0.2) is 42.5 Å². The van der Waals surface area contributed by atoms with E-state index in [1.165, 1.54) is 0 Å². The second-order valence-electron chi connectivity index (χ2n) is 5.83. The van der Waals surface area contributed by atoms with Crippen molar-refractivity contribution in [2.75, 3.05) is 18.4 Å². The van der Waals surface area contributed by atoms with Crippen molar-refractivity contribution in [2.45, 2.75) is 26.3 Å². The average molecular weight is 381 g/mol. The van der Waals surface area contributed by atoms with Gasteiger partial charge in [-0.2, -0.15) is 0 Å². The fraction of sp³-hybridized carbons (Fsp3) is 0.316. The minimum Gasteiger partial charge on any atom is -0.508 e. The lowest BCUT2D eigenvalue weighted by molar-refractivity contribution is -0.116. The first-order valence-corrected chi connectivity index (χ1v) is 8.99. The van der Waals surface area contributed by atoms with E-state index in [1.54, 1.807) is 30.3 Å². The van der Waals surface area contributed by atoms with Gasteiger partial charge in [-0.25, -0.2) is 0 Å². The summed E-state index contributed by atoms with van der Waals surface area (Å²) in [5, 5.41) is 13.7. The molecule has 0 aliphatic heterocycles. The van der Waals surface area contributed by atoms with Gasteiger partial charge in [-0.3, -0.25) is 9.69 Å². The molecule has 2 rings (SSSR count).